The van der Waals surface area contributed by atoms with Gasteiger partial charge in [-0.1, -0.05) is 35.4 Å². The van der Waals surface area contributed by atoms with Crippen molar-refractivity contribution in [3.8, 4) is 5.69 Å². The zero-order valence-corrected chi connectivity index (χ0v) is 11.7. The average molecular weight is 285 g/mol. The number of anilines is 2. The van der Waals surface area contributed by atoms with Gasteiger partial charge in [-0.3, -0.25) is 0 Å². The molecular weight excluding hydrogens is 272 g/mol. The second-order valence-corrected chi connectivity index (χ2v) is 4.93. The average Bonchev–Trinajstić information content (AvgIpc) is 2.90. The fourth-order valence-corrected chi connectivity index (χ4v) is 2.01. The third-order valence-corrected chi connectivity index (χ3v) is 3.09. The molecule has 1 aromatic heterocycles. The molecule has 100 valence electrons. The molecule has 0 aliphatic rings. The van der Waals surface area contributed by atoms with Crippen LogP contribution in [0.5, 0.6) is 0 Å². The Morgan fingerprint density at radius 2 is 1.90 bits per heavy atom. The van der Waals surface area contributed by atoms with Gasteiger partial charge in [0.2, 0.25) is 0 Å². The molecule has 0 aliphatic carbocycles. The summed E-state index contributed by atoms with van der Waals surface area (Å²) in [5.41, 5.74) is 3.03. The van der Waals surface area contributed by atoms with Gasteiger partial charge in [0.1, 0.15) is 0 Å². The minimum atomic E-state index is 0.660. The molecule has 2 aromatic carbocycles. The van der Waals surface area contributed by atoms with Crippen molar-refractivity contribution in [2.75, 3.05) is 5.32 Å². The van der Waals surface area contributed by atoms with Crippen LogP contribution in [0.4, 0.5) is 11.5 Å². The van der Waals surface area contributed by atoms with E-state index in [2.05, 4.69) is 22.4 Å². The summed E-state index contributed by atoms with van der Waals surface area (Å²) in [6, 6.07) is 15.5. The lowest BCUT2D eigenvalue weighted by Crippen LogP contribution is -1.99. The van der Waals surface area contributed by atoms with Gasteiger partial charge in [-0.15, -0.1) is 9.90 Å². The van der Waals surface area contributed by atoms with Gasteiger partial charge in [0.05, 0.1) is 11.9 Å². The topological polar surface area (TPSA) is 42.7 Å². The normalized spacial score (nSPS) is 10.5. The second kappa shape index (κ2) is 5.35. The van der Waals surface area contributed by atoms with Gasteiger partial charge in [0.25, 0.3) is 0 Å². The van der Waals surface area contributed by atoms with E-state index < -0.39 is 0 Å². The van der Waals surface area contributed by atoms with Crippen LogP contribution >= 0.6 is 11.6 Å². The van der Waals surface area contributed by atoms with Gasteiger partial charge in [0, 0.05) is 10.7 Å². The van der Waals surface area contributed by atoms with Crippen molar-refractivity contribution in [2.45, 2.75) is 6.92 Å². The van der Waals surface area contributed by atoms with Crippen LogP contribution in [0, 0.1) is 6.92 Å². The summed E-state index contributed by atoms with van der Waals surface area (Å²) in [6.07, 6.45) is 1.68. The Morgan fingerprint density at radius 3 is 2.65 bits per heavy atom. The maximum Gasteiger partial charge on any atom is 0.173 e. The standard InChI is InChI=1S/C15H13ClN4/c1-11-5-7-13(8-6-11)18-15-10-17-20(19-15)14-4-2-3-12(16)9-14/h2-10H,1H3,(H,18,19). The minimum Gasteiger partial charge on any atom is -0.337 e. The Kier molecular flexibility index (Phi) is 3.39. The maximum atomic E-state index is 5.96. The molecule has 4 nitrogen and oxygen atoms in total. The number of rotatable bonds is 3. The first-order valence-corrected chi connectivity index (χ1v) is 6.60. The second-order valence-electron chi connectivity index (χ2n) is 4.49. The number of nitrogens with one attached hydrogen (secondary N) is 1. The van der Waals surface area contributed by atoms with Crippen LogP contribution < -0.4 is 5.32 Å². The lowest BCUT2D eigenvalue weighted by Gasteiger charge is -2.02. The molecule has 3 aromatic rings. The van der Waals surface area contributed by atoms with Crippen LogP contribution in [0.1, 0.15) is 5.56 Å². The Labute approximate surface area is 122 Å². The van der Waals surface area contributed by atoms with Crippen LogP contribution in [-0.4, -0.2) is 15.0 Å². The predicted molar refractivity (Wildman–Crippen MR) is 80.8 cm³/mol. The van der Waals surface area contributed by atoms with Gasteiger partial charge in [0.15, 0.2) is 5.82 Å². The van der Waals surface area contributed by atoms with Gasteiger partial charge < -0.3 is 5.32 Å². The molecule has 1 heterocycles. The first-order chi connectivity index (χ1) is 9.70. The molecule has 0 amide bonds. The van der Waals surface area contributed by atoms with E-state index in [1.165, 1.54) is 5.56 Å². The fourth-order valence-electron chi connectivity index (χ4n) is 1.83. The van der Waals surface area contributed by atoms with Crippen LogP contribution in [0.2, 0.25) is 5.02 Å². The van der Waals surface area contributed by atoms with E-state index in [9.17, 15) is 0 Å². The number of aryl methyl sites for hydroxylation is 1. The third kappa shape index (κ3) is 2.81. The molecule has 0 unspecified atom stereocenters. The Hall–Kier alpha value is -2.33. The summed E-state index contributed by atoms with van der Waals surface area (Å²) < 4.78 is 0. The van der Waals surface area contributed by atoms with E-state index in [1.807, 2.05) is 48.5 Å². The summed E-state index contributed by atoms with van der Waals surface area (Å²) in [4.78, 5) is 1.54. The summed E-state index contributed by atoms with van der Waals surface area (Å²) in [6.45, 7) is 2.05. The van der Waals surface area contributed by atoms with Crippen molar-refractivity contribution in [3.63, 3.8) is 0 Å². The monoisotopic (exact) mass is 284 g/mol. The molecule has 0 aliphatic heterocycles. The van der Waals surface area contributed by atoms with E-state index in [0.717, 1.165) is 11.4 Å². The summed E-state index contributed by atoms with van der Waals surface area (Å²) >= 11 is 5.96. The quantitative estimate of drug-likeness (QED) is 0.791. The third-order valence-electron chi connectivity index (χ3n) is 2.85. The number of benzene rings is 2. The zero-order chi connectivity index (χ0) is 13.9. The molecule has 20 heavy (non-hydrogen) atoms. The molecule has 0 fully saturated rings. The largest absolute Gasteiger partial charge is 0.337 e. The maximum absolute atomic E-state index is 5.96. The van der Waals surface area contributed by atoms with Crippen LogP contribution in [0.15, 0.2) is 54.7 Å². The number of aromatic nitrogens is 3. The Morgan fingerprint density at radius 1 is 1.10 bits per heavy atom. The van der Waals surface area contributed by atoms with Crippen molar-refractivity contribution in [1.29, 1.82) is 0 Å². The van der Waals surface area contributed by atoms with Crippen molar-refractivity contribution >= 4 is 23.1 Å². The van der Waals surface area contributed by atoms with Gasteiger partial charge in [-0.05, 0) is 37.3 Å². The highest BCUT2D eigenvalue weighted by Crippen LogP contribution is 2.17. The summed E-state index contributed by atoms with van der Waals surface area (Å²) in [5.74, 6) is 0.689. The molecule has 0 spiro atoms. The number of hydrogen-bond acceptors (Lipinski definition) is 3. The zero-order valence-electron chi connectivity index (χ0n) is 10.9. The minimum absolute atomic E-state index is 0.660. The molecule has 0 atom stereocenters. The van der Waals surface area contributed by atoms with Gasteiger partial charge >= 0.3 is 0 Å². The number of nitrogens with zero attached hydrogens (tertiary/aromatic N) is 3. The lowest BCUT2D eigenvalue weighted by atomic mass is 10.2. The van der Waals surface area contributed by atoms with E-state index in [1.54, 1.807) is 11.0 Å². The summed E-state index contributed by atoms with van der Waals surface area (Å²) in [7, 11) is 0. The molecule has 0 bridgehead atoms. The highest BCUT2D eigenvalue weighted by atomic mass is 35.5. The predicted octanol–water partition coefficient (Wildman–Crippen LogP) is 3.97. The first-order valence-electron chi connectivity index (χ1n) is 6.23. The number of halogens is 1. The molecule has 5 heteroatoms. The van der Waals surface area contributed by atoms with Crippen LogP contribution in [0.25, 0.3) is 5.69 Å². The van der Waals surface area contributed by atoms with Gasteiger partial charge in [-0.2, -0.15) is 5.10 Å². The molecule has 1 N–H and O–H groups in total. The van der Waals surface area contributed by atoms with Gasteiger partial charge in [-0.25, -0.2) is 0 Å². The lowest BCUT2D eigenvalue weighted by molar-refractivity contribution is 0.754. The highest BCUT2D eigenvalue weighted by Gasteiger charge is 2.03. The molecular formula is C15H13ClN4. The van der Waals surface area contributed by atoms with Crippen molar-refractivity contribution in [1.82, 2.24) is 15.0 Å². The Bertz CT molecular complexity index is 719. The van der Waals surface area contributed by atoms with E-state index in [-0.39, 0.29) is 0 Å². The molecule has 0 saturated heterocycles. The van der Waals surface area contributed by atoms with Crippen LogP contribution in [-0.2, 0) is 0 Å². The number of hydrogen-bond donors (Lipinski definition) is 1. The SMILES string of the molecule is Cc1ccc(Nc2cnn(-c3cccc(Cl)c3)n2)cc1. The van der Waals surface area contributed by atoms with Crippen molar-refractivity contribution in [2.24, 2.45) is 0 Å². The molecule has 0 saturated carbocycles. The van der Waals surface area contributed by atoms with Crippen molar-refractivity contribution < 1.29 is 0 Å². The molecule has 3 rings (SSSR count). The molecule has 0 radical (unpaired) electrons. The fraction of sp³-hybridized carbons (Fsp3) is 0.0667. The van der Waals surface area contributed by atoms with E-state index >= 15 is 0 Å². The van der Waals surface area contributed by atoms with Crippen LogP contribution in [0.3, 0.4) is 0 Å². The first kappa shape index (κ1) is 12.7. The smallest absolute Gasteiger partial charge is 0.173 e. The highest BCUT2D eigenvalue weighted by molar-refractivity contribution is 6.30. The summed E-state index contributed by atoms with van der Waals surface area (Å²) in [5, 5.41) is 12.5. The van der Waals surface area contributed by atoms with Crippen molar-refractivity contribution in [3.05, 3.63) is 65.3 Å². The van der Waals surface area contributed by atoms with E-state index in [0.29, 0.717) is 10.8 Å². The van der Waals surface area contributed by atoms with E-state index in [4.69, 9.17) is 11.6 Å². The Balaban J connectivity index is 1.82.